The first-order valence-electron chi connectivity index (χ1n) is 5.83. The molecule has 0 aromatic heterocycles. The molecule has 0 saturated heterocycles. The van der Waals surface area contributed by atoms with Gasteiger partial charge in [0.1, 0.15) is 5.78 Å². The Morgan fingerprint density at radius 3 is 2.93 bits per heavy atom. The number of hydrogen-bond donors (Lipinski definition) is 0. The lowest BCUT2D eigenvalue weighted by Gasteiger charge is -2.37. The molecule has 78 valence electrons. The first kappa shape index (κ1) is 9.95. The third-order valence-electron chi connectivity index (χ3n) is 4.34. The van der Waals surface area contributed by atoms with Gasteiger partial charge in [-0.15, -0.1) is 0 Å². The van der Waals surface area contributed by atoms with E-state index in [1.807, 2.05) is 0 Å². The van der Waals surface area contributed by atoms with Gasteiger partial charge in [0.25, 0.3) is 0 Å². The van der Waals surface area contributed by atoms with Gasteiger partial charge >= 0.3 is 0 Å². The standard InChI is InChI=1S/C13H20O/c1-3-4-10-7-8-13(2)11(9-10)5-6-12(13)14/h3-4,10-11H,5-9H2,1-2H3/b4-3+. The Balaban J connectivity index is 2.10. The first-order chi connectivity index (χ1) is 6.66. The van der Waals surface area contributed by atoms with Crippen LogP contribution in [0, 0.1) is 17.3 Å². The van der Waals surface area contributed by atoms with E-state index in [1.54, 1.807) is 0 Å². The van der Waals surface area contributed by atoms with Crippen molar-refractivity contribution in [3.8, 4) is 0 Å². The Kier molecular flexibility index (Phi) is 2.50. The van der Waals surface area contributed by atoms with Crippen LogP contribution in [0.15, 0.2) is 12.2 Å². The molecule has 2 rings (SSSR count). The normalized spacial score (nSPS) is 43.1. The SMILES string of the molecule is C/C=C/C1CCC2(C)C(=O)CCC2C1. The zero-order chi connectivity index (χ0) is 10.2. The maximum Gasteiger partial charge on any atom is 0.139 e. The highest BCUT2D eigenvalue weighted by Crippen LogP contribution is 2.51. The Morgan fingerprint density at radius 1 is 1.43 bits per heavy atom. The fourth-order valence-electron chi connectivity index (χ4n) is 3.27. The summed E-state index contributed by atoms with van der Waals surface area (Å²) in [5.41, 5.74) is 0.0537. The maximum absolute atomic E-state index is 11.8. The van der Waals surface area contributed by atoms with Gasteiger partial charge in [0.2, 0.25) is 0 Å². The molecule has 14 heavy (non-hydrogen) atoms. The summed E-state index contributed by atoms with van der Waals surface area (Å²) in [6.45, 7) is 4.28. The van der Waals surface area contributed by atoms with Crippen molar-refractivity contribution in [1.29, 1.82) is 0 Å². The van der Waals surface area contributed by atoms with Crippen molar-refractivity contribution in [1.82, 2.24) is 0 Å². The summed E-state index contributed by atoms with van der Waals surface area (Å²) in [5, 5.41) is 0. The van der Waals surface area contributed by atoms with Crippen LogP contribution >= 0.6 is 0 Å². The number of rotatable bonds is 1. The van der Waals surface area contributed by atoms with E-state index in [9.17, 15) is 4.79 Å². The quantitative estimate of drug-likeness (QED) is 0.582. The highest BCUT2D eigenvalue weighted by Gasteiger charge is 2.48. The number of carbonyl (C=O) groups excluding carboxylic acids is 1. The topological polar surface area (TPSA) is 17.1 Å². The number of Topliss-reactive ketones (excluding diaryl/α,β-unsaturated/α-hetero) is 1. The zero-order valence-corrected chi connectivity index (χ0v) is 9.25. The minimum Gasteiger partial charge on any atom is -0.299 e. The smallest absolute Gasteiger partial charge is 0.139 e. The monoisotopic (exact) mass is 192 g/mol. The van der Waals surface area contributed by atoms with Crippen LogP contribution in [0.4, 0.5) is 0 Å². The van der Waals surface area contributed by atoms with Gasteiger partial charge in [-0.2, -0.15) is 0 Å². The molecule has 3 unspecified atom stereocenters. The second-order valence-corrected chi connectivity index (χ2v) is 5.14. The predicted octanol–water partition coefficient (Wildman–Crippen LogP) is 3.35. The van der Waals surface area contributed by atoms with E-state index in [1.165, 1.54) is 12.8 Å². The van der Waals surface area contributed by atoms with Gasteiger partial charge in [0.15, 0.2) is 0 Å². The molecule has 0 bridgehead atoms. The van der Waals surface area contributed by atoms with Gasteiger partial charge < -0.3 is 0 Å². The van der Waals surface area contributed by atoms with Crippen molar-refractivity contribution in [3.05, 3.63) is 12.2 Å². The Bertz CT molecular complexity index is 266. The second kappa shape index (κ2) is 3.52. The Hall–Kier alpha value is -0.590. The molecule has 0 N–H and O–H groups in total. The van der Waals surface area contributed by atoms with Gasteiger partial charge in [-0.05, 0) is 44.4 Å². The summed E-state index contributed by atoms with van der Waals surface area (Å²) in [4.78, 5) is 11.8. The summed E-state index contributed by atoms with van der Waals surface area (Å²) >= 11 is 0. The van der Waals surface area contributed by atoms with Crippen LogP contribution < -0.4 is 0 Å². The molecular formula is C13H20O. The fourth-order valence-corrected chi connectivity index (χ4v) is 3.27. The lowest BCUT2D eigenvalue weighted by molar-refractivity contribution is -0.127. The van der Waals surface area contributed by atoms with Crippen molar-refractivity contribution >= 4 is 5.78 Å². The molecule has 1 nitrogen and oxygen atoms in total. The van der Waals surface area contributed by atoms with E-state index in [4.69, 9.17) is 0 Å². The summed E-state index contributed by atoms with van der Waals surface area (Å²) in [5.74, 6) is 1.94. The minimum atomic E-state index is 0.0537. The van der Waals surface area contributed by atoms with Crippen LogP contribution in [0.3, 0.4) is 0 Å². The first-order valence-corrected chi connectivity index (χ1v) is 5.83. The molecule has 0 aromatic rings. The summed E-state index contributed by atoms with van der Waals surface area (Å²) in [7, 11) is 0. The highest BCUT2D eigenvalue weighted by molar-refractivity contribution is 5.87. The van der Waals surface area contributed by atoms with Gasteiger partial charge in [0.05, 0.1) is 0 Å². The number of allylic oxidation sites excluding steroid dienone is 2. The highest BCUT2D eigenvalue weighted by atomic mass is 16.1. The number of fused-ring (bicyclic) bond motifs is 1. The van der Waals surface area contributed by atoms with Gasteiger partial charge in [-0.25, -0.2) is 0 Å². The van der Waals surface area contributed by atoms with Crippen LogP contribution in [0.1, 0.15) is 46.0 Å². The van der Waals surface area contributed by atoms with E-state index >= 15 is 0 Å². The molecule has 0 radical (unpaired) electrons. The minimum absolute atomic E-state index is 0.0537. The molecule has 0 amide bonds. The van der Waals surface area contributed by atoms with Crippen LogP contribution in [-0.2, 0) is 4.79 Å². The summed E-state index contributed by atoms with van der Waals surface area (Å²) < 4.78 is 0. The summed E-state index contributed by atoms with van der Waals surface area (Å²) in [6, 6.07) is 0. The molecule has 2 aliphatic carbocycles. The molecule has 0 aromatic carbocycles. The summed E-state index contributed by atoms with van der Waals surface area (Å²) in [6.07, 6.45) is 10.0. The van der Waals surface area contributed by atoms with Gasteiger partial charge in [-0.3, -0.25) is 4.79 Å². The van der Waals surface area contributed by atoms with Gasteiger partial charge in [0, 0.05) is 11.8 Å². The molecule has 0 aliphatic heterocycles. The van der Waals surface area contributed by atoms with E-state index in [0.717, 1.165) is 25.2 Å². The van der Waals surface area contributed by atoms with Crippen LogP contribution in [0.25, 0.3) is 0 Å². The van der Waals surface area contributed by atoms with Crippen molar-refractivity contribution in [3.63, 3.8) is 0 Å². The molecule has 2 aliphatic rings. The molecule has 0 heterocycles. The van der Waals surface area contributed by atoms with Crippen molar-refractivity contribution in [2.75, 3.05) is 0 Å². The zero-order valence-electron chi connectivity index (χ0n) is 9.25. The van der Waals surface area contributed by atoms with E-state index in [0.29, 0.717) is 11.7 Å². The molecular weight excluding hydrogens is 172 g/mol. The Morgan fingerprint density at radius 2 is 2.21 bits per heavy atom. The van der Waals surface area contributed by atoms with Gasteiger partial charge in [-0.1, -0.05) is 19.1 Å². The van der Waals surface area contributed by atoms with E-state index in [2.05, 4.69) is 26.0 Å². The van der Waals surface area contributed by atoms with Crippen LogP contribution in [0.5, 0.6) is 0 Å². The fraction of sp³-hybridized carbons (Fsp3) is 0.769. The second-order valence-electron chi connectivity index (χ2n) is 5.14. The lowest BCUT2D eigenvalue weighted by Crippen LogP contribution is -2.34. The van der Waals surface area contributed by atoms with Crippen LogP contribution in [0.2, 0.25) is 0 Å². The molecule has 2 saturated carbocycles. The lowest BCUT2D eigenvalue weighted by atomic mass is 9.66. The molecule has 2 fully saturated rings. The number of ketones is 1. The number of carbonyl (C=O) groups is 1. The van der Waals surface area contributed by atoms with Crippen molar-refractivity contribution in [2.24, 2.45) is 17.3 Å². The van der Waals surface area contributed by atoms with E-state index in [-0.39, 0.29) is 5.41 Å². The van der Waals surface area contributed by atoms with Crippen molar-refractivity contribution in [2.45, 2.75) is 46.0 Å². The Labute approximate surface area is 86.6 Å². The predicted molar refractivity (Wildman–Crippen MR) is 58.0 cm³/mol. The third kappa shape index (κ3) is 1.43. The third-order valence-corrected chi connectivity index (χ3v) is 4.34. The largest absolute Gasteiger partial charge is 0.299 e. The number of hydrogen-bond acceptors (Lipinski definition) is 1. The molecule has 3 atom stereocenters. The maximum atomic E-state index is 11.8. The molecule has 1 heteroatoms. The van der Waals surface area contributed by atoms with Crippen molar-refractivity contribution < 1.29 is 4.79 Å². The average Bonchev–Trinajstić information content (AvgIpc) is 2.45. The average molecular weight is 192 g/mol. The van der Waals surface area contributed by atoms with Crippen LogP contribution in [-0.4, -0.2) is 5.78 Å². The molecule has 0 spiro atoms. The van der Waals surface area contributed by atoms with E-state index < -0.39 is 0 Å².